The molecular weight excluding hydrogens is 388 g/mol. The maximum atomic E-state index is 12.9. The van der Waals surface area contributed by atoms with Gasteiger partial charge in [-0.1, -0.05) is 30.3 Å². The Bertz CT molecular complexity index is 1110. The SMILES string of the molecule is Cc1nc2c(C#N)cnn2c(C)c1CCC(=O)N1CCCN(Cc2ccccc2)CC1. The van der Waals surface area contributed by atoms with Gasteiger partial charge in [0.1, 0.15) is 11.6 Å². The van der Waals surface area contributed by atoms with Crippen LogP contribution in [0.1, 0.15) is 40.9 Å². The Hall–Kier alpha value is -3.24. The summed E-state index contributed by atoms with van der Waals surface area (Å²) >= 11 is 0. The largest absolute Gasteiger partial charge is 0.341 e. The number of fused-ring (bicyclic) bond motifs is 1. The van der Waals surface area contributed by atoms with E-state index in [1.54, 1.807) is 10.7 Å². The summed E-state index contributed by atoms with van der Waals surface area (Å²) in [5.41, 5.74) is 5.21. The summed E-state index contributed by atoms with van der Waals surface area (Å²) in [5, 5.41) is 13.5. The van der Waals surface area contributed by atoms with Crippen molar-refractivity contribution >= 4 is 11.6 Å². The highest BCUT2D eigenvalue weighted by molar-refractivity contribution is 5.76. The molecule has 4 rings (SSSR count). The molecule has 0 saturated carbocycles. The van der Waals surface area contributed by atoms with E-state index in [0.717, 1.165) is 56.1 Å². The number of hydrogen-bond donors (Lipinski definition) is 0. The topological polar surface area (TPSA) is 77.5 Å². The van der Waals surface area contributed by atoms with E-state index in [0.29, 0.717) is 24.1 Å². The number of rotatable bonds is 5. The number of nitrogens with zero attached hydrogens (tertiary/aromatic N) is 6. The zero-order valence-corrected chi connectivity index (χ0v) is 18.2. The van der Waals surface area contributed by atoms with Gasteiger partial charge in [0.25, 0.3) is 0 Å². The zero-order chi connectivity index (χ0) is 21.8. The van der Waals surface area contributed by atoms with Crippen LogP contribution in [0, 0.1) is 25.2 Å². The Balaban J connectivity index is 1.37. The van der Waals surface area contributed by atoms with Gasteiger partial charge in [0.05, 0.1) is 6.20 Å². The predicted molar refractivity (Wildman–Crippen MR) is 118 cm³/mol. The summed E-state index contributed by atoms with van der Waals surface area (Å²) in [6.07, 6.45) is 3.63. The van der Waals surface area contributed by atoms with Gasteiger partial charge < -0.3 is 4.90 Å². The van der Waals surface area contributed by atoms with Crippen LogP contribution < -0.4 is 0 Å². The molecule has 1 aliphatic rings. The number of amides is 1. The highest BCUT2D eigenvalue weighted by atomic mass is 16.2. The number of carbonyl (C=O) groups is 1. The van der Waals surface area contributed by atoms with Gasteiger partial charge in [0, 0.05) is 50.5 Å². The molecule has 1 aliphatic heterocycles. The molecule has 160 valence electrons. The van der Waals surface area contributed by atoms with Crippen LogP contribution in [0.3, 0.4) is 0 Å². The van der Waals surface area contributed by atoms with E-state index < -0.39 is 0 Å². The van der Waals surface area contributed by atoms with Crippen molar-refractivity contribution in [1.82, 2.24) is 24.4 Å². The lowest BCUT2D eigenvalue weighted by atomic mass is 10.1. The van der Waals surface area contributed by atoms with Crippen LogP contribution in [-0.2, 0) is 17.8 Å². The van der Waals surface area contributed by atoms with Crippen LogP contribution in [0.4, 0.5) is 0 Å². The molecule has 1 aromatic carbocycles. The zero-order valence-electron chi connectivity index (χ0n) is 18.2. The van der Waals surface area contributed by atoms with Gasteiger partial charge in [-0.05, 0) is 37.8 Å². The molecule has 0 N–H and O–H groups in total. The molecule has 0 radical (unpaired) electrons. The number of benzene rings is 1. The standard InChI is InChI=1S/C24H28N6O/c1-18-22(19(2)30-24(27-18)21(15-25)16-26-30)9-10-23(31)29-12-6-11-28(13-14-29)17-20-7-4-3-5-8-20/h3-5,7-8,16H,6,9-14,17H2,1-2H3. The Kier molecular flexibility index (Phi) is 6.28. The van der Waals surface area contributed by atoms with Crippen molar-refractivity contribution in [2.75, 3.05) is 26.2 Å². The third-order valence-electron chi connectivity index (χ3n) is 6.11. The molecule has 31 heavy (non-hydrogen) atoms. The first kappa shape index (κ1) is 21.0. The molecule has 1 amide bonds. The van der Waals surface area contributed by atoms with Crippen molar-refractivity contribution in [3.8, 4) is 6.07 Å². The minimum Gasteiger partial charge on any atom is -0.341 e. The predicted octanol–water partition coefficient (Wildman–Crippen LogP) is 2.88. The fraction of sp³-hybridized carbons (Fsp3) is 0.417. The smallest absolute Gasteiger partial charge is 0.222 e. The van der Waals surface area contributed by atoms with Crippen LogP contribution in [0.25, 0.3) is 5.65 Å². The van der Waals surface area contributed by atoms with Crippen molar-refractivity contribution in [1.29, 1.82) is 5.26 Å². The van der Waals surface area contributed by atoms with Gasteiger partial charge in [-0.25, -0.2) is 9.50 Å². The molecule has 1 fully saturated rings. The van der Waals surface area contributed by atoms with Gasteiger partial charge in [0.15, 0.2) is 5.65 Å². The fourth-order valence-corrected chi connectivity index (χ4v) is 4.36. The lowest BCUT2D eigenvalue weighted by Crippen LogP contribution is -2.35. The van der Waals surface area contributed by atoms with Gasteiger partial charge in [-0.2, -0.15) is 10.4 Å². The lowest BCUT2D eigenvalue weighted by Gasteiger charge is -2.22. The summed E-state index contributed by atoms with van der Waals surface area (Å²) in [6, 6.07) is 12.6. The number of nitriles is 1. The molecule has 3 heterocycles. The van der Waals surface area contributed by atoms with Crippen LogP contribution in [-0.4, -0.2) is 56.5 Å². The molecule has 0 atom stereocenters. The van der Waals surface area contributed by atoms with E-state index in [-0.39, 0.29) is 5.91 Å². The number of aromatic nitrogens is 3. The minimum atomic E-state index is 0.193. The normalized spacial score (nSPS) is 15.1. The Morgan fingerprint density at radius 1 is 1.13 bits per heavy atom. The van der Waals surface area contributed by atoms with Crippen molar-refractivity contribution in [2.24, 2.45) is 0 Å². The minimum absolute atomic E-state index is 0.193. The summed E-state index contributed by atoms with van der Waals surface area (Å²) in [7, 11) is 0. The van der Waals surface area contributed by atoms with E-state index in [9.17, 15) is 10.1 Å². The van der Waals surface area contributed by atoms with Crippen molar-refractivity contribution < 1.29 is 4.79 Å². The third-order valence-corrected chi connectivity index (χ3v) is 6.11. The molecule has 0 unspecified atom stereocenters. The monoisotopic (exact) mass is 416 g/mol. The highest BCUT2D eigenvalue weighted by Gasteiger charge is 2.20. The van der Waals surface area contributed by atoms with Crippen LogP contribution in [0.15, 0.2) is 36.5 Å². The molecule has 1 saturated heterocycles. The Morgan fingerprint density at radius 2 is 1.94 bits per heavy atom. The second kappa shape index (κ2) is 9.27. The van der Waals surface area contributed by atoms with Crippen molar-refractivity contribution in [2.45, 2.75) is 39.7 Å². The first-order valence-electron chi connectivity index (χ1n) is 10.8. The maximum Gasteiger partial charge on any atom is 0.222 e. The summed E-state index contributed by atoms with van der Waals surface area (Å²) < 4.78 is 1.71. The van der Waals surface area contributed by atoms with Crippen molar-refractivity contribution in [3.05, 3.63) is 64.6 Å². The van der Waals surface area contributed by atoms with Crippen LogP contribution in [0.2, 0.25) is 0 Å². The van der Waals surface area contributed by atoms with Gasteiger partial charge >= 0.3 is 0 Å². The second-order valence-electron chi connectivity index (χ2n) is 8.16. The van der Waals surface area contributed by atoms with Crippen LogP contribution in [0.5, 0.6) is 0 Å². The van der Waals surface area contributed by atoms with E-state index >= 15 is 0 Å². The molecule has 7 heteroatoms. The lowest BCUT2D eigenvalue weighted by molar-refractivity contribution is -0.131. The van der Waals surface area contributed by atoms with E-state index in [1.165, 1.54) is 5.56 Å². The Morgan fingerprint density at radius 3 is 2.71 bits per heavy atom. The molecular formula is C24H28N6O. The van der Waals surface area contributed by atoms with Gasteiger partial charge in [-0.15, -0.1) is 0 Å². The number of hydrogen-bond acceptors (Lipinski definition) is 5. The molecule has 0 bridgehead atoms. The van der Waals surface area contributed by atoms with E-state index in [2.05, 4.69) is 45.3 Å². The van der Waals surface area contributed by atoms with Gasteiger partial charge in [-0.3, -0.25) is 9.69 Å². The molecule has 0 aliphatic carbocycles. The first-order valence-corrected chi connectivity index (χ1v) is 10.8. The first-order chi connectivity index (χ1) is 15.1. The van der Waals surface area contributed by atoms with E-state index in [1.807, 2.05) is 24.8 Å². The third kappa shape index (κ3) is 4.59. The van der Waals surface area contributed by atoms with Gasteiger partial charge in [0.2, 0.25) is 5.91 Å². The number of aryl methyl sites for hydroxylation is 2. The molecule has 7 nitrogen and oxygen atoms in total. The highest BCUT2D eigenvalue weighted by Crippen LogP contribution is 2.19. The Labute approximate surface area is 182 Å². The average molecular weight is 417 g/mol. The molecule has 2 aromatic heterocycles. The van der Waals surface area contributed by atoms with Crippen molar-refractivity contribution in [3.63, 3.8) is 0 Å². The average Bonchev–Trinajstić information content (AvgIpc) is 3.04. The quantitative estimate of drug-likeness (QED) is 0.639. The summed E-state index contributed by atoms with van der Waals surface area (Å²) in [5.74, 6) is 0.193. The fourth-order valence-electron chi connectivity index (χ4n) is 4.36. The molecule has 3 aromatic rings. The maximum absolute atomic E-state index is 12.9. The summed E-state index contributed by atoms with van der Waals surface area (Å²) in [4.78, 5) is 21.9. The van der Waals surface area contributed by atoms with E-state index in [4.69, 9.17) is 0 Å². The van der Waals surface area contributed by atoms with Crippen LogP contribution >= 0.6 is 0 Å². The summed E-state index contributed by atoms with van der Waals surface area (Å²) in [6.45, 7) is 8.34. The second-order valence-corrected chi connectivity index (χ2v) is 8.16. The number of carbonyl (C=O) groups excluding carboxylic acids is 1. The molecule has 0 spiro atoms.